The van der Waals surface area contributed by atoms with Crippen molar-refractivity contribution in [3.05, 3.63) is 135 Å². The van der Waals surface area contributed by atoms with Gasteiger partial charge in [0.2, 0.25) is 11.2 Å². The molecule has 0 aliphatic rings. The predicted octanol–water partition coefficient (Wildman–Crippen LogP) is 7.47. The molecule has 0 fully saturated rings. The molecule has 6 aromatic rings. The summed E-state index contributed by atoms with van der Waals surface area (Å²) in [6.45, 7) is 1.64. The minimum atomic E-state index is -1.09. The summed E-state index contributed by atoms with van der Waals surface area (Å²) in [6, 6.07) is 26.8. The Labute approximate surface area is 262 Å². The first-order valence-electron chi connectivity index (χ1n) is 14.1. The molecular formula is C35H27ClN2O7. The van der Waals surface area contributed by atoms with Crippen LogP contribution in [0.4, 0.5) is 4.79 Å². The number of alkyl carbamates (subject to hydrolysis) is 1. The molecule has 226 valence electrons. The molecule has 10 heteroatoms. The fraction of sp³-hybridized carbons (Fsp3) is 0.114. The van der Waals surface area contributed by atoms with Gasteiger partial charge in [-0.05, 0) is 60.5 Å². The lowest BCUT2D eigenvalue weighted by molar-refractivity contribution is -0.136. The summed E-state index contributed by atoms with van der Waals surface area (Å²) in [5, 5.41) is 4.34. The van der Waals surface area contributed by atoms with Crippen LogP contribution in [0.1, 0.15) is 16.9 Å². The van der Waals surface area contributed by atoms with E-state index in [1.54, 1.807) is 37.4 Å². The van der Waals surface area contributed by atoms with Crippen molar-refractivity contribution in [2.75, 3.05) is 0 Å². The number of carbonyl (C=O) groups excluding carboxylic acids is 2. The number of benzene rings is 4. The Hall–Kier alpha value is -5.54. The number of hydrogen-bond acceptors (Lipinski definition) is 7. The van der Waals surface area contributed by atoms with Crippen LogP contribution in [0.25, 0.3) is 21.9 Å². The maximum Gasteiger partial charge on any atom is 0.408 e. The molecule has 1 amide bonds. The lowest BCUT2D eigenvalue weighted by atomic mass is 10.1. The number of para-hydroxylation sites is 1. The highest BCUT2D eigenvalue weighted by Crippen LogP contribution is 2.28. The van der Waals surface area contributed by atoms with Crippen LogP contribution in [-0.4, -0.2) is 23.1 Å². The number of carbonyl (C=O) groups is 2. The number of hydrogen-bond donors (Lipinski definition) is 2. The molecule has 2 aromatic heterocycles. The van der Waals surface area contributed by atoms with Gasteiger partial charge in [-0.2, -0.15) is 0 Å². The first-order chi connectivity index (χ1) is 21.8. The van der Waals surface area contributed by atoms with Crippen LogP contribution < -0.4 is 20.2 Å². The van der Waals surface area contributed by atoms with Crippen LogP contribution in [0.2, 0.25) is 5.02 Å². The van der Waals surface area contributed by atoms with Crippen molar-refractivity contribution < 1.29 is 28.2 Å². The van der Waals surface area contributed by atoms with Gasteiger partial charge in [0, 0.05) is 34.6 Å². The number of fused-ring (bicyclic) bond motifs is 2. The van der Waals surface area contributed by atoms with Crippen LogP contribution in [0.5, 0.6) is 17.2 Å². The smallest absolute Gasteiger partial charge is 0.408 e. The van der Waals surface area contributed by atoms with E-state index < -0.39 is 18.1 Å². The standard InChI is InChI=1S/C35H27ClN2O7/c1-21-33(44-25-13-11-24(36)12-14-25)32(39)28-16-15-26(18-31(28)43-21)45-34(40)30(17-23-19-37-29-10-6-5-9-27(23)29)38-35(41)42-20-22-7-3-2-4-8-22/h2-16,18-19,30,37H,17,20H2,1H3,(H,38,41)/t30-/m1/s1. The summed E-state index contributed by atoms with van der Waals surface area (Å²) in [7, 11) is 0. The molecular weight excluding hydrogens is 596 g/mol. The van der Waals surface area contributed by atoms with Crippen LogP contribution >= 0.6 is 11.6 Å². The van der Waals surface area contributed by atoms with Gasteiger partial charge in [-0.1, -0.05) is 60.1 Å². The average Bonchev–Trinajstić information content (AvgIpc) is 3.45. The highest BCUT2D eigenvalue weighted by atomic mass is 35.5. The zero-order valence-corrected chi connectivity index (χ0v) is 24.8. The van der Waals surface area contributed by atoms with Crippen molar-refractivity contribution in [2.24, 2.45) is 0 Å². The molecule has 45 heavy (non-hydrogen) atoms. The second-order valence-electron chi connectivity index (χ2n) is 10.3. The topological polar surface area (TPSA) is 120 Å². The molecule has 4 aromatic carbocycles. The molecule has 0 aliphatic carbocycles. The van der Waals surface area contributed by atoms with Crippen molar-refractivity contribution in [1.82, 2.24) is 10.3 Å². The number of amides is 1. The minimum Gasteiger partial charge on any atom is -0.457 e. The Kier molecular flexibility index (Phi) is 8.52. The van der Waals surface area contributed by atoms with Crippen molar-refractivity contribution in [3.8, 4) is 17.2 Å². The molecule has 6 rings (SSSR count). The third kappa shape index (κ3) is 6.84. The maximum atomic E-state index is 13.5. The van der Waals surface area contributed by atoms with Crippen LogP contribution in [-0.2, 0) is 22.6 Å². The highest BCUT2D eigenvalue weighted by Gasteiger charge is 2.26. The monoisotopic (exact) mass is 622 g/mol. The summed E-state index contributed by atoms with van der Waals surface area (Å²) in [4.78, 5) is 42.7. The number of aryl methyl sites for hydroxylation is 1. The average molecular weight is 623 g/mol. The Morgan fingerprint density at radius 2 is 1.64 bits per heavy atom. The number of nitrogens with one attached hydrogen (secondary N) is 2. The molecule has 2 heterocycles. The third-order valence-electron chi connectivity index (χ3n) is 7.13. The van der Waals surface area contributed by atoms with Gasteiger partial charge in [-0.3, -0.25) is 4.79 Å². The molecule has 0 aliphatic heterocycles. The van der Waals surface area contributed by atoms with Crippen molar-refractivity contribution in [1.29, 1.82) is 0 Å². The Balaban J connectivity index is 1.22. The van der Waals surface area contributed by atoms with E-state index in [-0.39, 0.29) is 46.7 Å². The number of halogens is 1. The molecule has 0 spiro atoms. The van der Waals surface area contributed by atoms with E-state index in [9.17, 15) is 14.4 Å². The lowest BCUT2D eigenvalue weighted by Gasteiger charge is -2.18. The van der Waals surface area contributed by atoms with Gasteiger partial charge in [-0.15, -0.1) is 0 Å². The van der Waals surface area contributed by atoms with Crippen molar-refractivity contribution in [3.63, 3.8) is 0 Å². The second kappa shape index (κ2) is 13.0. The summed E-state index contributed by atoms with van der Waals surface area (Å²) < 4.78 is 22.8. The number of aromatic nitrogens is 1. The van der Waals surface area contributed by atoms with Gasteiger partial charge in [0.05, 0.1) is 5.39 Å². The Bertz CT molecular complexity index is 2050. The van der Waals surface area contributed by atoms with Gasteiger partial charge in [0.25, 0.3) is 0 Å². The first-order valence-corrected chi connectivity index (χ1v) is 14.5. The lowest BCUT2D eigenvalue weighted by Crippen LogP contribution is -2.44. The largest absolute Gasteiger partial charge is 0.457 e. The van der Waals surface area contributed by atoms with Crippen molar-refractivity contribution >= 4 is 45.5 Å². The fourth-order valence-electron chi connectivity index (χ4n) is 4.88. The quantitative estimate of drug-likeness (QED) is 0.127. The number of rotatable bonds is 9. The highest BCUT2D eigenvalue weighted by molar-refractivity contribution is 6.30. The summed E-state index contributed by atoms with van der Waals surface area (Å²) in [5.74, 6) is 0.108. The summed E-state index contributed by atoms with van der Waals surface area (Å²) >= 11 is 5.95. The van der Waals surface area contributed by atoms with Crippen LogP contribution in [0.15, 0.2) is 112 Å². The second-order valence-corrected chi connectivity index (χ2v) is 10.7. The molecule has 0 saturated heterocycles. The molecule has 9 nitrogen and oxygen atoms in total. The van der Waals surface area contributed by atoms with E-state index in [2.05, 4.69) is 10.3 Å². The Morgan fingerprint density at radius 1 is 0.911 bits per heavy atom. The van der Waals surface area contributed by atoms with Crippen LogP contribution in [0.3, 0.4) is 0 Å². The van der Waals surface area contributed by atoms with E-state index in [1.807, 2.05) is 54.6 Å². The predicted molar refractivity (Wildman–Crippen MR) is 170 cm³/mol. The van der Waals surface area contributed by atoms with Gasteiger partial charge in [-0.25, -0.2) is 9.59 Å². The number of esters is 1. The molecule has 0 radical (unpaired) electrons. The number of ether oxygens (including phenoxy) is 3. The van der Waals surface area contributed by atoms with E-state index in [0.29, 0.717) is 10.8 Å². The van der Waals surface area contributed by atoms with E-state index >= 15 is 0 Å². The molecule has 2 N–H and O–H groups in total. The SMILES string of the molecule is Cc1oc2cc(OC(=O)[C@@H](Cc3c[nH]c4ccccc34)NC(=O)OCc3ccccc3)ccc2c(=O)c1Oc1ccc(Cl)cc1. The zero-order valence-electron chi connectivity index (χ0n) is 24.0. The maximum absolute atomic E-state index is 13.5. The molecule has 0 saturated carbocycles. The molecule has 0 unspecified atom stereocenters. The zero-order chi connectivity index (χ0) is 31.3. The van der Waals surface area contributed by atoms with E-state index in [4.69, 9.17) is 30.2 Å². The fourth-order valence-corrected chi connectivity index (χ4v) is 5.00. The van der Waals surface area contributed by atoms with Gasteiger partial charge in [0.1, 0.15) is 35.5 Å². The minimum absolute atomic E-state index is 0.0339. The summed E-state index contributed by atoms with van der Waals surface area (Å²) in [6.07, 6.45) is 1.16. The van der Waals surface area contributed by atoms with Gasteiger partial charge < -0.3 is 28.9 Å². The third-order valence-corrected chi connectivity index (χ3v) is 7.38. The van der Waals surface area contributed by atoms with E-state index in [1.165, 1.54) is 18.2 Å². The normalized spacial score (nSPS) is 11.7. The van der Waals surface area contributed by atoms with E-state index in [0.717, 1.165) is 22.0 Å². The van der Waals surface area contributed by atoms with Gasteiger partial charge in [0.15, 0.2) is 0 Å². The summed E-state index contributed by atoms with van der Waals surface area (Å²) in [5.41, 5.74) is 2.32. The Morgan fingerprint density at radius 3 is 2.44 bits per heavy atom. The van der Waals surface area contributed by atoms with Crippen LogP contribution in [0, 0.1) is 6.92 Å². The first kappa shape index (κ1) is 29.5. The number of H-pyrrole nitrogens is 1. The van der Waals surface area contributed by atoms with Gasteiger partial charge >= 0.3 is 12.1 Å². The number of aromatic amines is 1. The van der Waals surface area contributed by atoms with Crippen molar-refractivity contribution in [2.45, 2.75) is 26.0 Å². The molecule has 0 bridgehead atoms. The molecule has 1 atom stereocenters.